The van der Waals surface area contributed by atoms with Crippen molar-refractivity contribution in [2.24, 2.45) is 22.4 Å². The van der Waals surface area contributed by atoms with Crippen molar-refractivity contribution in [2.75, 3.05) is 7.11 Å². The topological polar surface area (TPSA) is 78.6 Å². The SMILES string of the molecule is C=C/C=C1/CC[C@H]2[C@@H]3CCc4cc(OS(N)(=O)=O)c(OC)cc4[C@H]3CC[C@]12C. The average Bonchev–Trinajstić information content (AvgIpc) is 2.96. The fraction of sp³-hybridized carbons (Fsp3) is 0.545. The van der Waals surface area contributed by atoms with E-state index in [2.05, 4.69) is 19.6 Å². The highest BCUT2D eigenvalue weighted by atomic mass is 32.2. The van der Waals surface area contributed by atoms with Crippen LogP contribution in [0.4, 0.5) is 0 Å². The van der Waals surface area contributed by atoms with E-state index in [0.29, 0.717) is 23.5 Å². The first kappa shape index (κ1) is 19.5. The Balaban J connectivity index is 1.70. The predicted molar refractivity (Wildman–Crippen MR) is 110 cm³/mol. The Morgan fingerprint density at radius 2 is 2.00 bits per heavy atom. The Morgan fingerprint density at radius 1 is 1.21 bits per heavy atom. The number of ether oxygens (including phenoxy) is 1. The average molecular weight is 404 g/mol. The predicted octanol–water partition coefficient (Wildman–Crippen LogP) is 4.25. The highest BCUT2D eigenvalue weighted by Crippen LogP contribution is 2.63. The fourth-order valence-corrected chi connectivity index (χ4v) is 6.57. The van der Waals surface area contributed by atoms with Gasteiger partial charge in [0.1, 0.15) is 0 Å². The van der Waals surface area contributed by atoms with Crippen LogP contribution in [-0.2, 0) is 16.7 Å². The molecule has 0 amide bonds. The molecule has 1 aromatic rings. The van der Waals surface area contributed by atoms with Gasteiger partial charge >= 0.3 is 10.3 Å². The van der Waals surface area contributed by atoms with Gasteiger partial charge in [0.05, 0.1) is 7.11 Å². The van der Waals surface area contributed by atoms with Gasteiger partial charge in [0.15, 0.2) is 11.5 Å². The maximum atomic E-state index is 11.4. The highest BCUT2D eigenvalue weighted by molar-refractivity contribution is 7.84. The zero-order chi connectivity index (χ0) is 20.1. The quantitative estimate of drug-likeness (QED) is 0.815. The maximum Gasteiger partial charge on any atom is 0.380 e. The summed E-state index contributed by atoms with van der Waals surface area (Å²) in [5.41, 5.74) is 4.29. The second-order valence-corrected chi connectivity index (χ2v) is 9.77. The van der Waals surface area contributed by atoms with Gasteiger partial charge in [-0.3, -0.25) is 0 Å². The summed E-state index contributed by atoms with van der Waals surface area (Å²) in [7, 11) is -2.56. The zero-order valence-electron chi connectivity index (χ0n) is 16.6. The molecule has 0 saturated heterocycles. The lowest BCUT2D eigenvalue weighted by Gasteiger charge is -2.49. The van der Waals surface area contributed by atoms with E-state index in [-0.39, 0.29) is 11.2 Å². The second kappa shape index (κ2) is 6.92. The molecule has 0 heterocycles. The summed E-state index contributed by atoms with van der Waals surface area (Å²) in [4.78, 5) is 0. The first-order chi connectivity index (χ1) is 13.3. The molecule has 0 unspecified atom stereocenters. The molecule has 4 rings (SSSR count). The summed E-state index contributed by atoms with van der Waals surface area (Å²) in [6.45, 7) is 6.34. The Bertz CT molecular complexity index is 936. The second-order valence-electron chi connectivity index (χ2n) is 8.62. The van der Waals surface area contributed by atoms with Gasteiger partial charge in [0, 0.05) is 0 Å². The number of rotatable bonds is 4. The molecule has 152 valence electrons. The highest BCUT2D eigenvalue weighted by Gasteiger charge is 2.52. The van der Waals surface area contributed by atoms with Gasteiger partial charge in [-0.1, -0.05) is 31.2 Å². The van der Waals surface area contributed by atoms with Crippen LogP contribution >= 0.6 is 0 Å². The molecule has 2 saturated carbocycles. The molecule has 0 aromatic heterocycles. The summed E-state index contributed by atoms with van der Waals surface area (Å²) < 4.78 is 33.2. The Morgan fingerprint density at radius 3 is 2.68 bits per heavy atom. The van der Waals surface area contributed by atoms with Crippen molar-refractivity contribution in [1.29, 1.82) is 0 Å². The number of nitrogens with two attached hydrogens (primary N) is 1. The molecule has 4 atom stereocenters. The molecule has 28 heavy (non-hydrogen) atoms. The van der Waals surface area contributed by atoms with Crippen molar-refractivity contribution in [2.45, 2.75) is 51.4 Å². The van der Waals surface area contributed by atoms with E-state index in [4.69, 9.17) is 14.1 Å². The van der Waals surface area contributed by atoms with Crippen LogP contribution < -0.4 is 14.1 Å². The van der Waals surface area contributed by atoms with Crippen LogP contribution in [0, 0.1) is 17.3 Å². The van der Waals surface area contributed by atoms with Crippen molar-refractivity contribution in [3.63, 3.8) is 0 Å². The first-order valence-electron chi connectivity index (χ1n) is 10.0. The van der Waals surface area contributed by atoms with Crippen LogP contribution in [0.3, 0.4) is 0 Å². The number of benzene rings is 1. The molecule has 0 radical (unpaired) electrons. The maximum absolute atomic E-state index is 11.4. The van der Waals surface area contributed by atoms with Crippen molar-refractivity contribution < 1.29 is 17.3 Å². The zero-order valence-corrected chi connectivity index (χ0v) is 17.4. The Kier molecular flexibility index (Phi) is 4.82. The molecule has 1 aromatic carbocycles. The van der Waals surface area contributed by atoms with Gasteiger partial charge in [0.2, 0.25) is 0 Å². The van der Waals surface area contributed by atoms with Crippen molar-refractivity contribution in [1.82, 2.24) is 0 Å². The lowest BCUT2D eigenvalue weighted by atomic mass is 9.55. The molecule has 5 nitrogen and oxygen atoms in total. The van der Waals surface area contributed by atoms with Gasteiger partial charge in [-0.05, 0) is 85.0 Å². The minimum Gasteiger partial charge on any atom is -0.493 e. The van der Waals surface area contributed by atoms with Gasteiger partial charge in [0.25, 0.3) is 0 Å². The number of methoxy groups -OCH3 is 1. The third-order valence-electron chi connectivity index (χ3n) is 7.38. The van der Waals surface area contributed by atoms with Crippen LogP contribution in [0.25, 0.3) is 0 Å². The van der Waals surface area contributed by atoms with Gasteiger partial charge < -0.3 is 8.92 Å². The third kappa shape index (κ3) is 3.16. The van der Waals surface area contributed by atoms with Crippen molar-refractivity contribution in [3.8, 4) is 11.5 Å². The van der Waals surface area contributed by atoms with Gasteiger partial charge in [-0.25, -0.2) is 0 Å². The monoisotopic (exact) mass is 403 g/mol. The molecular weight excluding hydrogens is 374 g/mol. The molecule has 3 aliphatic carbocycles. The molecular formula is C22H29NO4S. The third-order valence-corrected chi connectivity index (χ3v) is 7.79. The van der Waals surface area contributed by atoms with Crippen LogP contribution in [0.15, 0.2) is 36.4 Å². The summed E-state index contributed by atoms with van der Waals surface area (Å²) in [6, 6.07) is 3.78. The fourth-order valence-electron chi connectivity index (χ4n) is 6.19. The van der Waals surface area contributed by atoms with E-state index in [1.54, 1.807) is 11.6 Å². The summed E-state index contributed by atoms with van der Waals surface area (Å²) in [6.07, 6.45) is 11.0. The van der Waals surface area contributed by atoms with Crippen LogP contribution in [-0.4, -0.2) is 15.5 Å². The van der Waals surface area contributed by atoms with Crippen molar-refractivity contribution in [3.05, 3.63) is 47.6 Å². The molecule has 0 bridgehead atoms. The van der Waals surface area contributed by atoms with Crippen molar-refractivity contribution >= 4 is 10.3 Å². The molecule has 6 heteroatoms. The minimum atomic E-state index is -4.09. The summed E-state index contributed by atoms with van der Waals surface area (Å²) in [5, 5.41) is 5.07. The number of hydrogen-bond donors (Lipinski definition) is 1. The minimum absolute atomic E-state index is 0.180. The van der Waals surface area contributed by atoms with E-state index in [0.717, 1.165) is 24.8 Å². The largest absolute Gasteiger partial charge is 0.493 e. The number of hydrogen-bond acceptors (Lipinski definition) is 4. The number of fused-ring (bicyclic) bond motifs is 5. The summed E-state index contributed by atoms with van der Waals surface area (Å²) in [5.74, 6) is 2.44. The number of allylic oxidation sites excluding steroid dienone is 3. The summed E-state index contributed by atoms with van der Waals surface area (Å²) >= 11 is 0. The molecule has 0 spiro atoms. The standard InChI is InChI=1S/C22H29NO4S/c1-4-5-15-7-9-19-17-8-6-14-12-21(27-28(23,24)25)20(26-3)13-18(14)16(17)10-11-22(15,19)2/h4-5,12-13,16-17,19H,1,6-11H2,2-3H3,(H2,23,24,25)/b15-5-/t16-,17+,19-,22+/m0/s1. The first-order valence-corrected chi connectivity index (χ1v) is 11.5. The van der Waals surface area contributed by atoms with Crippen LogP contribution in [0.5, 0.6) is 11.5 Å². The van der Waals surface area contributed by atoms with E-state index < -0.39 is 10.3 Å². The molecule has 2 fully saturated rings. The smallest absolute Gasteiger partial charge is 0.380 e. The van der Waals surface area contributed by atoms with Crippen LogP contribution in [0.2, 0.25) is 0 Å². The van der Waals surface area contributed by atoms with Gasteiger partial charge in [-0.2, -0.15) is 13.6 Å². The lowest BCUT2D eigenvalue weighted by molar-refractivity contribution is 0.0813. The van der Waals surface area contributed by atoms with Crippen LogP contribution in [0.1, 0.15) is 56.1 Å². The van der Waals surface area contributed by atoms with E-state index >= 15 is 0 Å². The Hall–Kier alpha value is -1.79. The molecule has 0 aliphatic heterocycles. The van der Waals surface area contributed by atoms with E-state index in [1.165, 1.54) is 31.9 Å². The molecule has 3 aliphatic rings. The van der Waals surface area contributed by atoms with E-state index in [9.17, 15) is 8.42 Å². The number of aryl methyl sites for hydroxylation is 1. The Labute approximate surface area is 167 Å². The normalized spacial score (nSPS) is 33.0. The van der Waals surface area contributed by atoms with E-state index in [1.807, 2.05) is 12.1 Å². The molecule has 2 N–H and O–H groups in total. The van der Waals surface area contributed by atoms with Gasteiger partial charge in [-0.15, -0.1) is 0 Å². The lowest BCUT2D eigenvalue weighted by Crippen LogP contribution is -2.40.